The van der Waals surface area contributed by atoms with Crippen LogP contribution in [0.2, 0.25) is 0 Å². The molecule has 4 aromatic heterocycles. The highest BCUT2D eigenvalue weighted by molar-refractivity contribution is 6.02. The lowest BCUT2D eigenvalue weighted by Crippen LogP contribution is -2.08. The zero-order valence-corrected chi connectivity index (χ0v) is 21.6. The highest BCUT2D eigenvalue weighted by Gasteiger charge is 2.18. The molecule has 0 bridgehead atoms. The van der Waals surface area contributed by atoms with Gasteiger partial charge in [-0.3, -0.25) is 14.3 Å². The normalized spacial score (nSPS) is 10.7. The van der Waals surface area contributed by atoms with E-state index in [4.69, 9.17) is 4.74 Å². The van der Waals surface area contributed by atoms with E-state index >= 15 is 0 Å². The van der Waals surface area contributed by atoms with Crippen molar-refractivity contribution in [3.63, 3.8) is 0 Å². The Bertz CT molecular complexity index is 1690. The van der Waals surface area contributed by atoms with E-state index in [0.717, 1.165) is 0 Å². The topological polar surface area (TPSA) is 140 Å². The fourth-order valence-corrected chi connectivity index (χ4v) is 4.09. The largest absolute Gasteiger partial charge is 0.494 e. The fraction of sp³-hybridized carbons (Fsp3) is 0.143. The fourth-order valence-electron chi connectivity index (χ4n) is 4.09. The van der Waals surface area contributed by atoms with Gasteiger partial charge in [-0.25, -0.2) is 15.0 Å². The number of pyridine rings is 3. The van der Waals surface area contributed by atoms with Crippen LogP contribution in [0.25, 0.3) is 22.5 Å². The van der Waals surface area contributed by atoms with E-state index < -0.39 is 0 Å². The Labute approximate surface area is 224 Å². The van der Waals surface area contributed by atoms with Gasteiger partial charge in [0.15, 0.2) is 17.4 Å². The molecule has 5 aromatic rings. The maximum atomic E-state index is 12.7. The van der Waals surface area contributed by atoms with Crippen molar-refractivity contribution in [3.8, 4) is 28.3 Å². The molecule has 0 atom stereocenters. The van der Waals surface area contributed by atoms with Gasteiger partial charge in [-0.2, -0.15) is 5.10 Å². The predicted octanol–water partition coefficient (Wildman–Crippen LogP) is 4.72. The summed E-state index contributed by atoms with van der Waals surface area (Å²) >= 11 is 0. The molecule has 196 valence electrons. The Morgan fingerprint density at radius 3 is 2.49 bits per heavy atom. The number of para-hydroxylation sites is 1. The second kappa shape index (κ2) is 11.0. The van der Waals surface area contributed by atoms with E-state index in [9.17, 15) is 9.59 Å². The number of nitrogens with zero attached hydrogens (tertiary/aromatic N) is 5. The van der Waals surface area contributed by atoms with Gasteiger partial charge in [-0.1, -0.05) is 13.0 Å². The van der Waals surface area contributed by atoms with Crippen LogP contribution < -0.4 is 20.9 Å². The van der Waals surface area contributed by atoms with E-state index in [1.54, 1.807) is 74.8 Å². The second-order valence-corrected chi connectivity index (χ2v) is 8.62. The molecule has 39 heavy (non-hydrogen) atoms. The number of nitrogens with one attached hydrogen (secondary N) is 3. The van der Waals surface area contributed by atoms with E-state index in [0.29, 0.717) is 63.3 Å². The molecule has 11 heteroatoms. The summed E-state index contributed by atoms with van der Waals surface area (Å²) in [6, 6.07) is 14.4. The van der Waals surface area contributed by atoms with E-state index in [1.807, 2.05) is 18.2 Å². The lowest BCUT2D eigenvalue weighted by molar-refractivity contribution is 0.0988. The van der Waals surface area contributed by atoms with Crippen LogP contribution in [0.5, 0.6) is 5.75 Å². The number of aromatic amines is 1. The number of benzene rings is 1. The van der Waals surface area contributed by atoms with Crippen molar-refractivity contribution in [2.45, 2.75) is 13.3 Å². The van der Waals surface area contributed by atoms with Gasteiger partial charge in [0.25, 0.3) is 5.56 Å². The molecule has 0 spiro atoms. The molecule has 0 saturated carbocycles. The first-order valence-corrected chi connectivity index (χ1v) is 12.2. The number of anilines is 4. The molecule has 1 aromatic carbocycles. The smallest absolute Gasteiger partial charge is 0.255 e. The minimum Gasteiger partial charge on any atom is -0.494 e. The zero-order chi connectivity index (χ0) is 27.4. The first-order valence-electron chi connectivity index (χ1n) is 12.2. The third kappa shape index (κ3) is 5.37. The van der Waals surface area contributed by atoms with Crippen molar-refractivity contribution in [3.05, 3.63) is 89.4 Å². The molecule has 4 heterocycles. The van der Waals surface area contributed by atoms with Crippen molar-refractivity contribution < 1.29 is 9.53 Å². The number of carbonyl (C=O) groups is 1. The first-order chi connectivity index (χ1) is 19.0. The molecule has 0 saturated heterocycles. The van der Waals surface area contributed by atoms with Crippen LogP contribution in [0.15, 0.2) is 78.2 Å². The number of hydrogen-bond donors (Lipinski definition) is 3. The molecule has 0 aliphatic heterocycles. The number of rotatable bonds is 9. The summed E-state index contributed by atoms with van der Waals surface area (Å²) in [5, 5.41) is 10.9. The van der Waals surface area contributed by atoms with Crippen LogP contribution in [-0.2, 0) is 7.05 Å². The van der Waals surface area contributed by atoms with Crippen LogP contribution in [0.1, 0.15) is 23.7 Å². The summed E-state index contributed by atoms with van der Waals surface area (Å²) in [5.74, 6) is 2.00. The maximum Gasteiger partial charge on any atom is 0.255 e. The Balaban J connectivity index is 1.46. The summed E-state index contributed by atoms with van der Waals surface area (Å²) in [6.07, 6.45) is 6.67. The highest BCUT2D eigenvalue weighted by Crippen LogP contribution is 2.37. The SMILES string of the molecule is CCC(=O)c1cnc(Nc2ccc(-c3ccc[nH]c3=O)cn2)cc1Nc1cccc(-c2ncn(C)n2)c1OC. The van der Waals surface area contributed by atoms with Crippen LogP contribution >= 0.6 is 0 Å². The molecule has 0 aliphatic rings. The van der Waals surface area contributed by atoms with Gasteiger partial charge < -0.3 is 20.4 Å². The van der Waals surface area contributed by atoms with Gasteiger partial charge in [-0.05, 0) is 36.4 Å². The van der Waals surface area contributed by atoms with Gasteiger partial charge in [-0.15, -0.1) is 0 Å². The maximum absolute atomic E-state index is 12.7. The first kappa shape index (κ1) is 25.3. The molecule has 3 N–H and O–H groups in total. The number of aromatic nitrogens is 6. The molecule has 0 amide bonds. The van der Waals surface area contributed by atoms with Crippen molar-refractivity contribution in [1.82, 2.24) is 29.7 Å². The molecule has 0 aliphatic carbocycles. The van der Waals surface area contributed by atoms with Crippen molar-refractivity contribution in [2.75, 3.05) is 17.7 Å². The van der Waals surface area contributed by atoms with Crippen LogP contribution in [0.3, 0.4) is 0 Å². The van der Waals surface area contributed by atoms with Gasteiger partial charge in [0.1, 0.15) is 18.0 Å². The van der Waals surface area contributed by atoms with E-state index in [2.05, 4.69) is 35.7 Å². The van der Waals surface area contributed by atoms with Gasteiger partial charge in [0.2, 0.25) is 0 Å². The van der Waals surface area contributed by atoms with Crippen LogP contribution in [0.4, 0.5) is 23.0 Å². The minimum atomic E-state index is -0.188. The third-order valence-corrected chi connectivity index (χ3v) is 6.00. The summed E-state index contributed by atoms with van der Waals surface area (Å²) < 4.78 is 7.34. The number of hydrogen-bond acceptors (Lipinski definition) is 9. The summed E-state index contributed by atoms with van der Waals surface area (Å²) in [5.41, 5.74) is 3.37. The number of aryl methyl sites for hydroxylation is 1. The lowest BCUT2D eigenvalue weighted by atomic mass is 10.1. The van der Waals surface area contributed by atoms with E-state index in [-0.39, 0.29) is 11.3 Å². The summed E-state index contributed by atoms with van der Waals surface area (Å²) in [4.78, 5) is 40.7. The highest BCUT2D eigenvalue weighted by atomic mass is 16.5. The van der Waals surface area contributed by atoms with Gasteiger partial charge >= 0.3 is 0 Å². The average Bonchev–Trinajstić information content (AvgIpc) is 3.39. The Morgan fingerprint density at radius 2 is 1.79 bits per heavy atom. The summed E-state index contributed by atoms with van der Waals surface area (Å²) in [6.45, 7) is 1.80. The summed E-state index contributed by atoms with van der Waals surface area (Å²) in [7, 11) is 3.37. The number of carbonyl (C=O) groups excluding carboxylic acids is 1. The molecule has 0 fully saturated rings. The van der Waals surface area contributed by atoms with Crippen molar-refractivity contribution in [2.24, 2.45) is 7.05 Å². The monoisotopic (exact) mass is 522 g/mol. The quantitative estimate of drug-likeness (QED) is 0.235. The molecule has 11 nitrogen and oxygen atoms in total. The van der Waals surface area contributed by atoms with Gasteiger partial charge in [0.05, 0.1) is 29.6 Å². The molecule has 0 radical (unpaired) electrons. The predicted molar refractivity (Wildman–Crippen MR) is 149 cm³/mol. The number of H-pyrrole nitrogens is 1. The van der Waals surface area contributed by atoms with Crippen LogP contribution in [-0.4, -0.2) is 42.6 Å². The number of methoxy groups -OCH3 is 1. The minimum absolute atomic E-state index is 0.0615. The second-order valence-electron chi connectivity index (χ2n) is 8.62. The van der Waals surface area contributed by atoms with Crippen LogP contribution in [0, 0.1) is 0 Å². The Kier molecular flexibility index (Phi) is 7.13. The third-order valence-electron chi connectivity index (χ3n) is 6.00. The standard InChI is InChI=1S/C28H26N8O3/c1-4-23(37)20-15-31-25(34-24-11-10-17(14-30-24)18-8-6-12-29-28(18)38)13-22(20)33-21-9-5-7-19(26(21)39-3)27-32-16-36(2)35-27/h5-16H,4H2,1-3H3,(H,29,38)(H2,30,31,33,34). The van der Waals surface area contributed by atoms with Crippen molar-refractivity contribution in [1.29, 1.82) is 0 Å². The van der Waals surface area contributed by atoms with E-state index in [1.165, 1.54) is 6.20 Å². The molecular formula is C28H26N8O3. The number of ether oxygens (including phenoxy) is 1. The molecule has 5 rings (SSSR count). The number of ketones is 1. The lowest BCUT2D eigenvalue weighted by Gasteiger charge is -2.17. The average molecular weight is 523 g/mol. The Hall–Kier alpha value is -5.32. The zero-order valence-electron chi connectivity index (χ0n) is 21.6. The van der Waals surface area contributed by atoms with Crippen molar-refractivity contribution >= 4 is 28.8 Å². The molecule has 0 unspecified atom stereocenters. The molecular weight excluding hydrogens is 496 g/mol. The number of Topliss-reactive ketones (excluding diaryl/α,β-unsaturated/α-hetero) is 1. The Morgan fingerprint density at radius 1 is 0.974 bits per heavy atom. The van der Waals surface area contributed by atoms with Gasteiger partial charge in [0, 0.05) is 49.3 Å².